The van der Waals surface area contributed by atoms with E-state index in [9.17, 15) is 0 Å². The minimum atomic E-state index is 1.19. The number of benzene rings is 1. The molecule has 1 heteroatoms. The lowest BCUT2D eigenvalue weighted by Crippen LogP contribution is -2.11. The van der Waals surface area contributed by atoms with Crippen molar-refractivity contribution in [2.75, 3.05) is 19.0 Å². The van der Waals surface area contributed by atoms with Gasteiger partial charge in [0.15, 0.2) is 0 Å². The van der Waals surface area contributed by atoms with Crippen LogP contribution in [0.15, 0.2) is 6.07 Å². The van der Waals surface area contributed by atoms with Gasteiger partial charge in [-0.25, -0.2) is 0 Å². The van der Waals surface area contributed by atoms with Crippen LogP contribution in [0.5, 0.6) is 0 Å². The van der Waals surface area contributed by atoms with Crippen molar-refractivity contribution >= 4 is 5.69 Å². The minimum absolute atomic E-state index is 1.19. The van der Waals surface area contributed by atoms with Gasteiger partial charge in [-0.15, -0.1) is 0 Å². The fourth-order valence-electron chi connectivity index (χ4n) is 1.33. The number of aryl methyl sites for hydroxylation is 1. The maximum Gasteiger partial charge on any atom is 0.0474 e. The topological polar surface area (TPSA) is 3.24 Å². The summed E-state index contributed by atoms with van der Waals surface area (Å²) in [5, 5.41) is 0. The molecule has 0 fully saturated rings. The molecule has 1 nitrogen and oxygen atoms in total. The van der Waals surface area contributed by atoms with E-state index < -0.39 is 0 Å². The van der Waals surface area contributed by atoms with Crippen molar-refractivity contribution in [1.82, 2.24) is 0 Å². The van der Waals surface area contributed by atoms with Crippen molar-refractivity contribution < 1.29 is 0 Å². The second kappa shape index (κ2) is 3.18. The van der Waals surface area contributed by atoms with Gasteiger partial charge in [0.2, 0.25) is 0 Å². The molecule has 0 saturated carbocycles. The molecule has 1 rings (SSSR count). The first-order chi connectivity index (χ1) is 5.54. The molecule has 0 bridgehead atoms. The summed E-state index contributed by atoms with van der Waals surface area (Å²) in [6.45, 7) is 6.43. The number of hydrogen-bond acceptors (Lipinski definition) is 1. The zero-order chi connectivity index (χ0) is 9.30. The van der Waals surface area contributed by atoms with Gasteiger partial charge >= 0.3 is 0 Å². The lowest BCUT2D eigenvalue weighted by molar-refractivity contribution is 1.09. The van der Waals surface area contributed by atoms with Gasteiger partial charge in [-0.3, -0.25) is 0 Å². The Kier molecular flexibility index (Phi) is 2.41. The molecule has 1 aromatic rings. The highest BCUT2D eigenvalue weighted by atomic mass is 15.1. The molecule has 0 N–H and O–H groups in total. The van der Waals surface area contributed by atoms with Crippen molar-refractivity contribution in [2.24, 2.45) is 0 Å². The van der Waals surface area contributed by atoms with E-state index in [0.717, 1.165) is 0 Å². The van der Waals surface area contributed by atoms with Crippen LogP contribution in [0.3, 0.4) is 0 Å². The van der Waals surface area contributed by atoms with E-state index >= 15 is 0 Å². The maximum absolute atomic E-state index is 3.27. The highest BCUT2D eigenvalue weighted by Crippen LogP contribution is 2.22. The van der Waals surface area contributed by atoms with Gasteiger partial charge in [-0.05, 0) is 43.5 Å². The predicted octanol–water partition coefficient (Wildman–Crippen LogP) is 2.48. The Morgan fingerprint density at radius 2 is 1.67 bits per heavy atom. The highest BCUT2D eigenvalue weighted by molar-refractivity contribution is 5.56. The minimum Gasteiger partial charge on any atom is -0.377 e. The molecule has 0 aromatic heterocycles. The lowest BCUT2D eigenvalue weighted by Gasteiger charge is -2.17. The fourth-order valence-corrected chi connectivity index (χ4v) is 1.33. The fraction of sp³-hybridized carbons (Fsp3) is 0.455. The summed E-state index contributed by atoms with van der Waals surface area (Å²) in [5.41, 5.74) is 5.22. The number of anilines is 1. The average Bonchev–Trinajstić information content (AvgIpc) is 2.00. The molecule has 0 heterocycles. The summed E-state index contributed by atoms with van der Waals surface area (Å²) in [7, 11) is 4.10. The van der Waals surface area contributed by atoms with Crippen LogP contribution in [-0.4, -0.2) is 14.1 Å². The first-order valence-corrected chi connectivity index (χ1v) is 4.20. The Labute approximate surface area is 75.0 Å². The van der Waals surface area contributed by atoms with E-state index in [2.05, 4.69) is 37.8 Å². The smallest absolute Gasteiger partial charge is 0.0474 e. The predicted molar refractivity (Wildman–Crippen MR) is 53.8 cm³/mol. The summed E-state index contributed by atoms with van der Waals surface area (Å²) in [4.78, 5) is 2.10. The number of hydrogen-bond donors (Lipinski definition) is 0. The molecular formula is C11H16N. The molecule has 0 atom stereocenters. The molecule has 0 aliphatic carbocycles. The van der Waals surface area contributed by atoms with Gasteiger partial charge in [0.05, 0.1) is 0 Å². The molecule has 0 unspecified atom stereocenters. The number of nitrogens with zero attached hydrogens (tertiary/aromatic N) is 1. The third kappa shape index (κ3) is 1.45. The Morgan fingerprint density at radius 3 is 2.17 bits per heavy atom. The molecule has 0 saturated heterocycles. The van der Waals surface area contributed by atoms with Crippen LogP contribution in [-0.2, 0) is 0 Å². The molecule has 0 aliphatic heterocycles. The van der Waals surface area contributed by atoms with E-state index in [-0.39, 0.29) is 0 Å². The monoisotopic (exact) mass is 162 g/mol. The van der Waals surface area contributed by atoms with E-state index in [0.29, 0.717) is 0 Å². The second-order valence-corrected chi connectivity index (χ2v) is 3.46. The number of rotatable bonds is 1. The molecule has 65 valence electrons. The van der Waals surface area contributed by atoms with Crippen molar-refractivity contribution in [3.63, 3.8) is 0 Å². The molecule has 12 heavy (non-hydrogen) atoms. The van der Waals surface area contributed by atoms with Crippen LogP contribution >= 0.6 is 0 Å². The summed E-state index contributed by atoms with van der Waals surface area (Å²) in [5.74, 6) is 0. The molecular weight excluding hydrogens is 146 g/mol. The van der Waals surface area contributed by atoms with Gasteiger partial charge in [0.1, 0.15) is 0 Å². The van der Waals surface area contributed by atoms with Crippen molar-refractivity contribution in [1.29, 1.82) is 0 Å². The van der Waals surface area contributed by atoms with Crippen LogP contribution in [0.4, 0.5) is 5.69 Å². The van der Waals surface area contributed by atoms with Crippen LogP contribution in [0.1, 0.15) is 16.7 Å². The van der Waals surface area contributed by atoms with Gasteiger partial charge in [-0.2, -0.15) is 0 Å². The largest absolute Gasteiger partial charge is 0.377 e. The highest BCUT2D eigenvalue weighted by Gasteiger charge is 2.04. The Hall–Kier alpha value is -0.980. The second-order valence-electron chi connectivity index (χ2n) is 3.46. The third-order valence-corrected chi connectivity index (χ3v) is 2.38. The Bertz CT molecular complexity index is 287. The van der Waals surface area contributed by atoms with Crippen molar-refractivity contribution in [2.45, 2.75) is 20.8 Å². The van der Waals surface area contributed by atoms with E-state index in [1.807, 2.05) is 14.1 Å². The van der Waals surface area contributed by atoms with Crippen LogP contribution in [0.2, 0.25) is 0 Å². The quantitative estimate of drug-likeness (QED) is 0.613. The Balaban J connectivity index is 3.27. The van der Waals surface area contributed by atoms with Gasteiger partial charge in [0.25, 0.3) is 0 Å². The summed E-state index contributed by atoms with van der Waals surface area (Å²) >= 11 is 0. The van der Waals surface area contributed by atoms with E-state index in [1.165, 1.54) is 22.4 Å². The molecule has 0 aliphatic rings. The summed E-state index contributed by atoms with van der Waals surface area (Å²) in [6, 6.07) is 5.32. The zero-order valence-corrected chi connectivity index (χ0v) is 8.52. The summed E-state index contributed by atoms with van der Waals surface area (Å²) < 4.78 is 0. The lowest BCUT2D eigenvalue weighted by atomic mass is 10.0. The molecule has 0 spiro atoms. The zero-order valence-electron chi connectivity index (χ0n) is 8.52. The van der Waals surface area contributed by atoms with E-state index in [1.54, 1.807) is 0 Å². The van der Waals surface area contributed by atoms with Crippen LogP contribution in [0.25, 0.3) is 0 Å². The van der Waals surface area contributed by atoms with Crippen LogP contribution < -0.4 is 4.90 Å². The van der Waals surface area contributed by atoms with Crippen molar-refractivity contribution in [3.8, 4) is 0 Å². The Morgan fingerprint density at radius 1 is 1.08 bits per heavy atom. The van der Waals surface area contributed by atoms with Crippen molar-refractivity contribution in [3.05, 3.63) is 28.8 Å². The molecule has 0 amide bonds. The normalized spacial score (nSPS) is 10.1. The SMILES string of the molecule is Cc1c[c]c(N(C)C)c(C)c1C. The first-order valence-electron chi connectivity index (χ1n) is 4.20. The van der Waals surface area contributed by atoms with E-state index in [4.69, 9.17) is 0 Å². The van der Waals surface area contributed by atoms with Gasteiger partial charge in [0, 0.05) is 25.8 Å². The summed E-state index contributed by atoms with van der Waals surface area (Å²) in [6.07, 6.45) is 0. The molecule has 1 radical (unpaired) electrons. The standard InChI is InChI=1S/C11H16N/c1-8-6-7-11(12(4)5)10(3)9(8)2/h6H,1-5H3. The average molecular weight is 162 g/mol. The van der Waals surface area contributed by atoms with Gasteiger partial charge < -0.3 is 4.90 Å². The third-order valence-electron chi connectivity index (χ3n) is 2.38. The van der Waals surface area contributed by atoms with Gasteiger partial charge in [-0.1, -0.05) is 0 Å². The first kappa shape index (κ1) is 9.11. The van der Waals surface area contributed by atoms with Crippen LogP contribution in [0, 0.1) is 26.8 Å². The maximum atomic E-state index is 3.27. The molecule has 1 aromatic carbocycles.